The number of allylic oxidation sites excluding steroid dienone is 3. The molecule has 0 aromatic heterocycles. The minimum atomic E-state index is -0.852. The van der Waals surface area contributed by atoms with Gasteiger partial charge in [-0.25, -0.2) is 4.79 Å². The van der Waals surface area contributed by atoms with Crippen LogP contribution in [0, 0.1) is 51.2 Å². The minimum absolute atomic E-state index is 0.0464. The number of aromatic carboxylic acids is 1. The summed E-state index contributed by atoms with van der Waals surface area (Å²) in [5, 5.41) is 14.6. The number of carboxylic acids is 1. The first-order chi connectivity index (χ1) is 21.8. The topological polar surface area (TPSA) is 61.4 Å². The predicted octanol–water partition coefficient (Wildman–Crippen LogP) is 9.78. The second-order valence-electron chi connectivity index (χ2n) is 17.9. The summed E-state index contributed by atoms with van der Waals surface area (Å²) in [4.78, 5) is 11.5. The van der Waals surface area contributed by atoms with Crippen molar-refractivity contribution >= 4 is 23.5 Å². The number of benzene rings is 1. The number of rotatable bonds is 9. The Morgan fingerprint density at radius 2 is 1.63 bits per heavy atom. The molecular formula is C41H60N2O2S. The van der Waals surface area contributed by atoms with E-state index >= 15 is 0 Å². The highest BCUT2D eigenvalue weighted by Crippen LogP contribution is 2.76. The molecule has 3 N–H and O–H groups in total. The average Bonchev–Trinajstić information content (AvgIpc) is 3.75. The highest BCUT2D eigenvalue weighted by molar-refractivity contribution is 7.98. The van der Waals surface area contributed by atoms with Crippen LogP contribution >= 0.6 is 11.9 Å². The molecule has 0 spiro atoms. The lowest BCUT2D eigenvalue weighted by atomic mass is 9.33. The van der Waals surface area contributed by atoms with Crippen LogP contribution in [0.15, 0.2) is 42.5 Å². The molecule has 0 amide bonds. The second kappa shape index (κ2) is 11.5. The lowest BCUT2D eigenvalue weighted by molar-refractivity contribution is -0.219. The molecule has 5 saturated carbocycles. The Labute approximate surface area is 283 Å². The normalized spacial score (nSPS) is 42.7. The van der Waals surface area contributed by atoms with Crippen LogP contribution < -0.4 is 10.0 Å². The smallest absolute Gasteiger partial charge is 0.335 e. The molecule has 5 heteroatoms. The van der Waals surface area contributed by atoms with Gasteiger partial charge in [0.05, 0.1) is 5.56 Å². The quantitative estimate of drug-likeness (QED) is 0.142. The minimum Gasteiger partial charge on any atom is -0.478 e. The van der Waals surface area contributed by atoms with Crippen LogP contribution in [0.2, 0.25) is 0 Å². The van der Waals surface area contributed by atoms with Crippen LogP contribution in [0.3, 0.4) is 0 Å². The summed E-state index contributed by atoms with van der Waals surface area (Å²) in [5.74, 6) is 2.59. The summed E-state index contributed by atoms with van der Waals surface area (Å²) in [6, 6.07) is 7.66. The molecule has 1 aromatic rings. The third-order valence-corrected chi connectivity index (χ3v) is 16.7. The van der Waals surface area contributed by atoms with Crippen molar-refractivity contribution in [1.82, 2.24) is 10.0 Å². The number of fused-ring (bicyclic) bond motifs is 7. The van der Waals surface area contributed by atoms with E-state index in [1.165, 1.54) is 80.9 Å². The van der Waals surface area contributed by atoms with Gasteiger partial charge in [0.15, 0.2) is 0 Å². The number of carboxylic acid groups (broad SMARTS) is 1. The first kappa shape index (κ1) is 33.0. The zero-order valence-electron chi connectivity index (χ0n) is 29.5. The lowest BCUT2D eigenvalue weighted by Crippen LogP contribution is -2.68. The van der Waals surface area contributed by atoms with E-state index in [9.17, 15) is 9.90 Å². The van der Waals surface area contributed by atoms with Crippen LogP contribution in [-0.2, 0) is 0 Å². The largest absolute Gasteiger partial charge is 0.478 e. The van der Waals surface area contributed by atoms with E-state index in [-0.39, 0.29) is 16.4 Å². The van der Waals surface area contributed by atoms with Gasteiger partial charge in [-0.15, -0.1) is 0 Å². The molecule has 0 bridgehead atoms. The molecule has 5 fully saturated rings. The Hall–Kier alpha value is -1.56. The Morgan fingerprint density at radius 1 is 0.891 bits per heavy atom. The van der Waals surface area contributed by atoms with Crippen LogP contribution in [0.25, 0.3) is 5.57 Å². The molecule has 252 valence electrons. The summed E-state index contributed by atoms with van der Waals surface area (Å²) in [6.07, 6.45) is 17.1. The Bertz CT molecular complexity index is 1400. The maximum absolute atomic E-state index is 11.5. The molecule has 6 aliphatic carbocycles. The maximum atomic E-state index is 11.5. The van der Waals surface area contributed by atoms with Crippen molar-refractivity contribution in [1.29, 1.82) is 0 Å². The maximum Gasteiger partial charge on any atom is 0.335 e. The SMILES string of the molecule is C=C(C)C1CCC2(NCCNSC3CC3)CCC3(C)C(CCC4C5(C)CC=C(c6ccc(C(=O)O)cc6)C(C)(C)C5CCC43C)C12. The molecular weight excluding hydrogens is 585 g/mol. The predicted molar refractivity (Wildman–Crippen MR) is 193 cm³/mol. The molecule has 7 rings (SSSR count). The van der Waals surface area contributed by atoms with Crippen LogP contribution in [0.4, 0.5) is 0 Å². The van der Waals surface area contributed by atoms with E-state index in [1.807, 2.05) is 24.1 Å². The van der Waals surface area contributed by atoms with Gasteiger partial charge in [-0.3, -0.25) is 4.72 Å². The molecule has 0 heterocycles. The summed E-state index contributed by atoms with van der Waals surface area (Å²) >= 11 is 1.97. The molecule has 1 aromatic carbocycles. The standard InChI is InChI=1S/C41H60N2O2S/c1-26(2)30-16-21-41(42-24-25-43-46-29-12-13-29)23-22-39(6)32(35(30)41)14-15-34-38(5)19-17-31(27-8-10-28(11-9-27)36(44)45)37(3,4)33(38)18-20-40(34,39)7/h8-11,17,29-30,32-35,42-43H,1,12-16,18-25H2,2-7H3,(H,44,45). The van der Waals surface area contributed by atoms with Crippen molar-refractivity contribution < 1.29 is 9.90 Å². The molecule has 46 heavy (non-hydrogen) atoms. The van der Waals surface area contributed by atoms with Crippen molar-refractivity contribution in [2.24, 2.45) is 51.2 Å². The summed E-state index contributed by atoms with van der Waals surface area (Å²) in [6.45, 7) is 22.2. The fourth-order valence-corrected chi connectivity index (χ4v) is 13.9. The van der Waals surface area contributed by atoms with Crippen molar-refractivity contribution in [3.8, 4) is 0 Å². The van der Waals surface area contributed by atoms with Gasteiger partial charge in [-0.1, -0.05) is 76.9 Å². The van der Waals surface area contributed by atoms with Gasteiger partial charge in [-0.05, 0) is 152 Å². The number of nitrogens with one attached hydrogen (secondary N) is 2. The van der Waals surface area contributed by atoms with Crippen LogP contribution in [-0.4, -0.2) is 35.0 Å². The zero-order chi connectivity index (χ0) is 32.7. The third kappa shape index (κ3) is 4.94. The van der Waals surface area contributed by atoms with Gasteiger partial charge < -0.3 is 10.4 Å². The summed E-state index contributed by atoms with van der Waals surface area (Å²) in [5.41, 5.74) is 5.68. The highest BCUT2D eigenvalue weighted by atomic mass is 32.2. The summed E-state index contributed by atoms with van der Waals surface area (Å²) in [7, 11) is 0. The van der Waals surface area contributed by atoms with Crippen molar-refractivity contribution in [3.63, 3.8) is 0 Å². The zero-order valence-corrected chi connectivity index (χ0v) is 30.3. The van der Waals surface area contributed by atoms with Gasteiger partial charge in [0.2, 0.25) is 0 Å². The molecule has 0 aliphatic heterocycles. The lowest BCUT2D eigenvalue weighted by Gasteiger charge is -2.72. The first-order valence-corrected chi connectivity index (χ1v) is 19.5. The molecule has 0 saturated heterocycles. The molecule has 9 unspecified atom stereocenters. The molecule has 0 radical (unpaired) electrons. The summed E-state index contributed by atoms with van der Waals surface area (Å²) < 4.78 is 3.67. The number of hydrogen-bond donors (Lipinski definition) is 3. The third-order valence-electron chi connectivity index (χ3n) is 15.6. The number of carbonyl (C=O) groups is 1. The van der Waals surface area contributed by atoms with Crippen molar-refractivity contribution in [3.05, 3.63) is 53.6 Å². The van der Waals surface area contributed by atoms with E-state index in [4.69, 9.17) is 0 Å². The fraction of sp³-hybridized carbons (Fsp3) is 0.732. The van der Waals surface area contributed by atoms with E-state index in [0.717, 1.165) is 36.6 Å². The first-order valence-electron chi connectivity index (χ1n) is 18.6. The van der Waals surface area contributed by atoms with Gasteiger partial charge in [0, 0.05) is 23.9 Å². The van der Waals surface area contributed by atoms with Gasteiger partial charge in [0.1, 0.15) is 0 Å². The Balaban J connectivity index is 1.16. The number of hydrogen-bond acceptors (Lipinski definition) is 4. The monoisotopic (exact) mass is 644 g/mol. The van der Waals surface area contributed by atoms with Gasteiger partial charge in [-0.2, -0.15) is 0 Å². The second-order valence-corrected chi connectivity index (χ2v) is 19.1. The van der Waals surface area contributed by atoms with Crippen molar-refractivity contribution in [2.45, 2.75) is 123 Å². The Morgan fingerprint density at radius 3 is 2.30 bits per heavy atom. The molecule has 4 nitrogen and oxygen atoms in total. The van der Waals surface area contributed by atoms with E-state index in [2.05, 4.69) is 64.2 Å². The van der Waals surface area contributed by atoms with Gasteiger partial charge >= 0.3 is 5.97 Å². The van der Waals surface area contributed by atoms with Crippen molar-refractivity contribution in [2.75, 3.05) is 13.1 Å². The molecule has 9 atom stereocenters. The fourth-order valence-electron chi connectivity index (χ4n) is 13.1. The van der Waals surface area contributed by atoms with E-state index in [1.54, 1.807) is 12.1 Å². The van der Waals surface area contributed by atoms with Crippen LogP contribution in [0.1, 0.15) is 128 Å². The van der Waals surface area contributed by atoms with Crippen LogP contribution in [0.5, 0.6) is 0 Å². The molecule has 6 aliphatic rings. The van der Waals surface area contributed by atoms with E-state index in [0.29, 0.717) is 34.1 Å². The average molecular weight is 645 g/mol. The van der Waals surface area contributed by atoms with Gasteiger partial charge in [0.25, 0.3) is 0 Å². The Kier molecular flexibility index (Phi) is 8.25. The van der Waals surface area contributed by atoms with E-state index < -0.39 is 5.97 Å². The highest BCUT2D eigenvalue weighted by Gasteiger charge is 2.70.